The third kappa shape index (κ3) is 3.76. The molecular formula is C13H14N4O3S. The molecule has 1 heterocycles. The van der Waals surface area contributed by atoms with E-state index in [1.54, 1.807) is 31.2 Å². The van der Waals surface area contributed by atoms with Gasteiger partial charge in [0, 0.05) is 5.56 Å². The Morgan fingerprint density at radius 1 is 1.19 bits per heavy atom. The van der Waals surface area contributed by atoms with Crippen molar-refractivity contribution in [2.45, 2.75) is 13.8 Å². The lowest BCUT2D eigenvalue weighted by atomic mass is 10.2. The Hall–Kier alpha value is -2.48. The minimum absolute atomic E-state index is 0.363. The summed E-state index contributed by atoms with van der Waals surface area (Å²) in [7, 11) is 0. The topological polar surface area (TPSA) is 93.2 Å². The molecule has 0 aliphatic carbocycles. The number of carbonyl (C=O) groups excluding carboxylic acids is 2. The molecule has 7 nitrogen and oxygen atoms in total. The number of hydrogen-bond acceptors (Lipinski definition) is 6. The molecule has 0 unspecified atom stereocenters. The molecule has 0 saturated carbocycles. The maximum atomic E-state index is 11.9. The molecule has 0 radical (unpaired) electrons. The van der Waals surface area contributed by atoms with E-state index < -0.39 is 11.8 Å². The fourth-order valence-corrected chi connectivity index (χ4v) is 2.10. The zero-order valence-electron chi connectivity index (χ0n) is 11.5. The summed E-state index contributed by atoms with van der Waals surface area (Å²) in [5.41, 5.74) is 5.60. The van der Waals surface area contributed by atoms with Crippen molar-refractivity contribution >= 4 is 23.3 Å². The van der Waals surface area contributed by atoms with Crippen molar-refractivity contribution in [1.82, 2.24) is 20.4 Å². The van der Waals surface area contributed by atoms with Crippen molar-refractivity contribution in [3.8, 4) is 5.75 Å². The van der Waals surface area contributed by atoms with E-state index in [9.17, 15) is 9.59 Å². The number of ether oxygens (including phenoxy) is 1. The van der Waals surface area contributed by atoms with Crippen LogP contribution in [0.25, 0.3) is 0 Å². The number of hydrazine groups is 1. The molecule has 1 aromatic heterocycles. The molecule has 0 fully saturated rings. The van der Waals surface area contributed by atoms with Crippen LogP contribution in [0.1, 0.15) is 32.6 Å². The van der Waals surface area contributed by atoms with Crippen LogP contribution in [0, 0.1) is 6.92 Å². The number of amides is 2. The molecule has 8 heteroatoms. The van der Waals surface area contributed by atoms with Crippen LogP contribution in [0.4, 0.5) is 0 Å². The third-order valence-electron chi connectivity index (χ3n) is 2.57. The molecule has 2 rings (SSSR count). The maximum Gasteiger partial charge on any atom is 0.283 e. The van der Waals surface area contributed by atoms with Crippen molar-refractivity contribution in [2.24, 2.45) is 0 Å². The number of aryl methyl sites for hydroxylation is 1. The van der Waals surface area contributed by atoms with Gasteiger partial charge in [0.1, 0.15) is 10.6 Å². The van der Waals surface area contributed by atoms with Gasteiger partial charge < -0.3 is 4.74 Å². The van der Waals surface area contributed by atoms with Crippen molar-refractivity contribution in [1.29, 1.82) is 0 Å². The normalized spacial score (nSPS) is 10.0. The number of nitrogens with zero attached hydrogens (tertiary/aromatic N) is 2. The molecule has 21 heavy (non-hydrogen) atoms. The number of aromatic nitrogens is 2. The van der Waals surface area contributed by atoms with Gasteiger partial charge in [-0.3, -0.25) is 20.4 Å². The number of rotatable bonds is 4. The highest BCUT2D eigenvalue weighted by molar-refractivity contribution is 7.07. The molecule has 2 N–H and O–H groups in total. The minimum atomic E-state index is -0.443. The number of carbonyl (C=O) groups is 2. The van der Waals surface area contributed by atoms with Crippen LogP contribution in [0.5, 0.6) is 5.75 Å². The first-order valence-electron chi connectivity index (χ1n) is 6.24. The molecule has 0 aliphatic rings. The average Bonchev–Trinajstić information content (AvgIpc) is 2.92. The lowest BCUT2D eigenvalue weighted by Gasteiger charge is -2.07. The van der Waals surface area contributed by atoms with Gasteiger partial charge in [0.05, 0.1) is 12.3 Å². The molecule has 0 atom stereocenters. The van der Waals surface area contributed by atoms with Gasteiger partial charge in [-0.05, 0) is 49.6 Å². The van der Waals surface area contributed by atoms with Gasteiger partial charge in [-0.15, -0.1) is 5.10 Å². The zero-order chi connectivity index (χ0) is 15.2. The Morgan fingerprint density at radius 3 is 2.43 bits per heavy atom. The summed E-state index contributed by atoms with van der Waals surface area (Å²) in [5, 5.41) is 3.73. The first-order chi connectivity index (χ1) is 10.1. The van der Waals surface area contributed by atoms with Gasteiger partial charge in [-0.2, -0.15) is 0 Å². The summed E-state index contributed by atoms with van der Waals surface area (Å²) in [6, 6.07) is 6.62. The minimum Gasteiger partial charge on any atom is -0.494 e. The summed E-state index contributed by atoms with van der Waals surface area (Å²) in [5.74, 6) is -0.173. The Morgan fingerprint density at radius 2 is 1.86 bits per heavy atom. The van der Waals surface area contributed by atoms with E-state index in [-0.39, 0.29) is 0 Å². The van der Waals surface area contributed by atoms with Gasteiger partial charge in [-0.25, -0.2) is 0 Å². The lowest BCUT2D eigenvalue weighted by molar-refractivity contribution is 0.0848. The number of benzene rings is 1. The Balaban J connectivity index is 1.92. The highest BCUT2D eigenvalue weighted by atomic mass is 32.1. The van der Waals surface area contributed by atoms with Gasteiger partial charge in [-0.1, -0.05) is 4.49 Å². The molecule has 0 aliphatic heterocycles. The fraction of sp³-hybridized carbons (Fsp3) is 0.231. The SMILES string of the molecule is CCOc1ccc(C(=O)NNC(=O)c2snnc2C)cc1. The van der Waals surface area contributed by atoms with E-state index in [0.717, 1.165) is 11.5 Å². The lowest BCUT2D eigenvalue weighted by Crippen LogP contribution is -2.41. The molecule has 0 spiro atoms. The summed E-state index contributed by atoms with van der Waals surface area (Å²) in [4.78, 5) is 24.0. The van der Waals surface area contributed by atoms with Crippen molar-refractivity contribution in [3.63, 3.8) is 0 Å². The highest BCUT2D eigenvalue weighted by Crippen LogP contribution is 2.12. The van der Waals surface area contributed by atoms with Gasteiger partial charge in [0.25, 0.3) is 11.8 Å². The van der Waals surface area contributed by atoms with E-state index in [0.29, 0.717) is 28.5 Å². The highest BCUT2D eigenvalue weighted by Gasteiger charge is 2.14. The molecule has 1 aromatic carbocycles. The largest absolute Gasteiger partial charge is 0.494 e. The van der Waals surface area contributed by atoms with Crippen molar-refractivity contribution in [3.05, 3.63) is 40.4 Å². The van der Waals surface area contributed by atoms with Crippen molar-refractivity contribution in [2.75, 3.05) is 6.61 Å². The third-order valence-corrected chi connectivity index (χ3v) is 3.40. The average molecular weight is 306 g/mol. The Kier molecular flexibility index (Phi) is 4.83. The van der Waals surface area contributed by atoms with Crippen LogP contribution < -0.4 is 15.6 Å². The van der Waals surface area contributed by atoms with Crippen LogP contribution in [0.3, 0.4) is 0 Å². The fourth-order valence-electron chi connectivity index (χ4n) is 1.55. The second-order valence-electron chi connectivity index (χ2n) is 4.05. The van der Waals surface area contributed by atoms with Crippen LogP contribution in [-0.4, -0.2) is 28.0 Å². The van der Waals surface area contributed by atoms with Gasteiger partial charge in [0.2, 0.25) is 0 Å². The number of nitrogens with one attached hydrogen (secondary N) is 2. The summed E-state index contributed by atoms with van der Waals surface area (Å²) < 4.78 is 8.95. The van der Waals surface area contributed by atoms with Gasteiger partial charge >= 0.3 is 0 Å². The van der Waals surface area contributed by atoms with Crippen molar-refractivity contribution < 1.29 is 14.3 Å². The maximum absolute atomic E-state index is 11.9. The van der Waals surface area contributed by atoms with Crippen LogP contribution >= 0.6 is 11.5 Å². The van der Waals surface area contributed by atoms with E-state index in [2.05, 4.69) is 20.4 Å². The van der Waals surface area contributed by atoms with Crippen LogP contribution in [-0.2, 0) is 0 Å². The molecule has 0 bridgehead atoms. The molecule has 0 saturated heterocycles. The quantitative estimate of drug-likeness (QED) is 0.831. The number of hydrogen-bond donors (Lipinski definition) is 2. The summed E-state index contributed by atoms with van der Waals surface area (Å²) >= 11 is 0.972. The molecular weight excluding hydrogens is 292 g/mol. The zero-order valence-corrected chi connectivity index (χ0v) is 12.4. The summed E-state index contributed by atoms with van der Waals surface area (Å²) in [6.07, 6.45) is 0. The second-order valence-corrected chi connectivity index (χ2v) is 4.81. The first-order valence-corrected chi connectivity index (χ1v) is 7.01. The van der Waals surface area contributed by atoms with E-state index in [4.69, 9.17) is 4.74 Å². The Bertz CT molecular complexity index is 639. The standard InChI is InChI=1S/C13H14N4O3S/c1-3-20-10-6-4-9(5-7-10)12(18)15-16-13(19)11-8(2)14-17-21-11/h4-7H,3H2,1-2H3,(H,15,18)(H,16,19). The van der Waals surface area contributed by atoms with Crippen LogP contribution in [0.2, 0.25) is 0 Å². The van der Waals surface area contributed by atoms with E-state index in [1.165, 1.54) is 0 Å². The smallest absolute Gasteiger partial charge is 0.283 e. The van der Waals surface area contributed by atoms with Gasteiger partial charge in [0.15, 0.2) is 0 Å². The molecule has 2 amide bonds. The van der Waals surface area contributed by atoms with E-state index in [1.807, 2.05) is 6.92 Å². The molecule has 110 valence electrons. The van der Waals surface area contributed by atoms with Crippen LogP contribution in [0.15, 0.2) is 24.3 Å². The predicted molar refractivity (Wildman–Crippen MR) is 77.2 cm³/mol. The predicted octanol–water partition coefficient (Wildman–Crippen LogP) is 1.32. The Labute approximate surface area is 125 Å². The second kappa shape index (κ2) is 6.80. The summed E-state index contributed by atoms with van der Waals surface area (Å²) in [6.45, 7) is 4.11. The monoisotopic (exact) mass is 306 g/mol. The molecule has 2 aromatic rings. The first kappa shape index (κ1) is 14.9. The van der Waals surface area contributed by atoms with E-state index >= 15 is 0 Å².